The van der Waals surface area contributed by atoms with Gasteiger partial charge in [0.05, 0.1) is 35.1 Å². The fraction of sp³-hybridized carbons (Fsp3) is 0.111. The summed E-state index contributed by atoms with van der Waals surface area (Å²) >= 11 is 0. The molecule has 0 aliphatic carbocycles. The number of rotatable bonds is 6. The molecule has 1 heterocycles. The highest BCUT2D eigenvalue weighted by atomic mass is 16.5. The van der Waals surface area contributed by atoms with Crippen molar-refractivity contribution in [3.63, 3.8) is 0 Å². The molecule has 0 aliphatic heterocycles. The maximum atomic E-state index is 13.0. The van der Waals surface area contributed by atoms with Crippen molar-refractivity contribution in [1.82, 2.24) is 4.98 Å². The number of esters is 2. The third-order valence-electron chi connectivity index (χ3n) is 5.22. The van der Waals surface area contributed by atoms with Crippen molar-refractivity contribution >= 4 is 34.4 Å². The number of nitrogens with zero attached hydrogens (tertiary/aromatic N) is 1. The third-order valence-corrected chi connectivity index (χ3v) is 5.22. The first-order chi connectivity index (χ1) is 16.5. The Morgan fingerprint density at radius 1 is 0.853 bits per heavy atom. The number of para-hydroxylation sites is 2. The molecule has 0 saturated carbocycles. The number of carbonyl (C=O) groups excluding carboxylic acids is 3. The largest absolute Gasteiger partial charge is 0.465 e. The minimum absolute atomic E-state index is 0.201. The van der Waals surface area contributed by atoms with E-state index in [-0.39, 0.29) is 11.3 Å². The van der Waals surface area contributed by atoms with E-state index in [0.29, 0.717) is 22.2 Å². The second-order valence-corrected chi connectivity index (χ2v) is 7.60. The maximum absolute atomic E-state index is 13.0. The van der Waals surface area contributed by atoms with Crippen LogP contribution >= 0.6 is 0 Å². The number of benzene rings is 3. The Balaban J connectivity index is 1.55. The highest BCUT2D eigenvalue weighted by molar-refractivity contribution is 6.06. The average Bonchev–Trinajstić information content (AvgIpc) is 2.87. The number of aromatic nitrogens is 1. The Labute approximate surface area is 196 Å². The van der Waals surface area contributed by atoms with Gasteiger partial charge in [0.25, 0.3) is 5.91 Å². The number of carbonyl (C=O) groups is 3. The van der Waals surface area contributed by atoms with Crippen molar-refractivity contribution in [1.29, 1.82) is 0 Å². The topological polar surface area (TPSA) is 94.6 Å². The van der Waals surface area contributed by atoms with E-state index in [4.69, 9.17) is 9.47 Å². The molecule has 0 aliphatic rings. The number of methoxy groups -OCH3 is 1. The number of hydrogen-bond donors (Lipinski definition) is 1. The molecule has 0 bridgehead atoms. The summed E-state index contributed by atoms with van der Waals surface area (Å²) in [6, 6.07) is 23.2. The Hall–Kier alpha value is -4.52. The molecule has 0 radical (unpaired) electrons. The number of nitrogens with one attached hydrogen (secondary N) is 1. The lowest BCUT2D eigenvalue weighted by Gasteiger charge is -2.12. The molecular formula is C27H22N2O5. The fourth-order valence-corrected chi connectivity index (χ4v) is 3.49. The van der Waals surface area contributed by atoms with Crippen molar-refractivity contribution < 1.29 is 23.9 Å². The smallest absolute Gasteiger partial charge is 0.339 e. The molecule has 34 heavy (non-hydrogen) atoms. The van der Waals surface area contributed by atoms with Crippen molar-refractivity contribution in [2.45, 2.75) is 6.92 Å². The zero-order valence-electron chi connectivity index (χ0n) is 18.7. The van der Waals surface area contributed by atoms with Crippen molar-refractivity contribution in [3.8, 4) is 11.3 Å². The van der Waals surface area contributed by atoms with Crippen molar-refractivity contribution in [2.75, 3.05) is 19.0 Å². The molecule has 7 nitrogen and oxygen atoms in total. The highest BCUT2D eigenvalue weighted by Gasteiger charge is 2.18. The highest BCUT2D eigenvalue weighted by Crippen LogP contribution is 2.26. The zero-order valence-corrected chi connectivity index (χ0v) is 18.7. The molecule has 1 aromatic heterocycles. The van der Waals surface area contributed by atoms with E-state index in [0.717, 1.165) is 11.1 Å². The van der Waals surface area contributed by atoms with Gasteiger partial charge >= 0.3 is 11.9 Å². The maximum Gasteiger partial charge on any atom is 0.339 e. The van der Waals surface area contributed by atoms with Crippen LogP contribution in [0.5, 0.6) is 0 Å². The monoisotopic (exact) mass is 454 g/mol. The minimum atomic E-state index is -0.650. The third kappa shape index (κ3) is 4.94. The Bertz CT molecular complexity index is 1380. The van der Waals surface area contributed by atoms with Crippen LogP contribution in [0.15, 0.2) is 78.9 Å². The van der Waals surface area contributed by atoms with E-state index in [2.05, 4.69) is 10.3 Å². The van der Waals surface area contributed by atoms with E-state index in [9.17, 15) is 14.4 Å². The molecule has 0 unspecified atom stereocenters. The lowest BCUT2D eigenvalue weighted by Crippen LogP contribution is -2.22. The number of pyridine rings is 1. The quantitative estimate of drug-likeness (QED) is 0.421. The standard InChI is InChI=1S/C27H22N2O5/c1-17-11-13-18(14-12-17)24-15-21(19-7-3-5-9-22(19)28-24)27(32)34-16-25(30)29-23-10-6-4-8-20(23)26(31)33-2/h3-15H,16H2,1-2H3,(H,29,30). The summed E-state index contributed by atoms with van der Waals surface area (Å²) in [5.74, 6) is -1.81. The first-order valence-electron chi connectivity index (χ1n) is 10.6. The van der Waals surface area contributed by atoms with Gasteiger partial charge in [-0.1, -0.05) is 60.2 Å². The van der Waals surface area contributed by atoms with Gasteiger partial charge < -0.3 is 14.8 Å². The average molecular weight is 454 g/mol. The number of amides is 1. The van der Waals surface area contributed by atoms with E-state index >= 15 is 0 Å². The molecule has 0 fully saturated rings. The van der Waals surface area contributed by atoms with Gasteiger partial charge in [-0.25, -0.2) is 14.6 Å². The second kappa shape index (κ2) is 9.95. The first kappa shape index (κ1) is 22.7. The van der Waals surface area contributed by atoms with Crippen LogP contribution in [0, 0.1) is 6.92 Å². The molecule has 170 valence electrons. The summed E-state index contributed by atoms with van der Waals surface area (Å²) in [7, 11) is 1.26. The predicted octanol–water partition coefficient (Wildman–Crippen LogP) is 4.79. The van der Waals surface area contributed by atoms with Gasteiger partial charge in [-0.05, 0) is 31.2 Å². The SMILES string of the molecule is COC(=O)c1ccccc1NC(=O)COC(=O)c1cc(-c2ccc(C)cc2)nc2ccccc12. The number of ether oxygens (including phenoxy) is 2. The number of aryl methyl sites for hydroxylation is 1. The van der Waals surface area contributed by atoms with Gasteiger partial charge in [-0.3, -0.25) is 4.79 Å². The minimum Gasteiger partial charge on any atom is -0.465 e. The Morgan fingerprint density at radius 3 is 2.32 bits per heavy atom. The molecule has 0 spiro atoms. The second-order valence-electron chi connectivity index (χ2n) is 7.60. The van der Waals surface area contributed by atoms with Crippen LogP contribution in [0.4, 0.5) is 5.69 Å². The summed E-state index contributed by atoms with van der Waals surface area (Å²) < 4.78 is 10.0. The van der Waals surface area contributed by atoms with Crippen LogP contribution in [-0.4, -0.2) is 36.5 Å². The van der Waals surface area contributed by atoms with Crippen LogP contribution in [0.3, 0.4) is 0 Å². The molecular weight excluding hydrogens is 432 g/mol. The van der Waals surface area contributed by atoms with E-state index in [1.54, 1.807) is 30.3 Å². The van der Waals surface area contributed by atoms with Crippen molar-refractivity contribution in [2.24, 2.45) is 0 Å². The lowest BCUT2D eigenvalue weighted by molar-refractivity contribution is -0.119. The van der Waals surface area contributed by atoms with Gasteiger partial charge in [-0.2, -0.15) is 0 Å². The Morgan fingerprint density at radius 2 is 1.56 bits per heavy atom. The van der Waals surface area contributed by atoms with Gasteiger partial charge in [0.1, 0.15) is 0 Å². The van der Waals surface area contributed by atoms with E-state index in [1.807, 2.05) is 49.4 Å². The van der Waals surface area contributed by atoms with Gasteiger partial charge in [-0.15, -0.1) is 0 Å². The molecule has 4 aromatic rings. The van der Waals surface area contributed by atoms with Crippen LogP contribution in [0.1, 0.15) is 26.3 Å². The van der Waals surface area contributed by atoms with Gasteiger partial charge in [0.15, 0.2) is 6.61 Å². The lowest BCUT2D eigenvalue weighted by atomic mass is 10.0. The molecule has 0 atom stereocenters. The number of fused-ring (bicyclic) bond motifs is 1. The predicted molar refractivity (Wildman–Crippen MR) is 129 cm³/mol. The molecule has 7 heteroatoms. The van der Waals surface area contributed by atoms with Gasteiger partial charge in [0, 0.05) is 10.9 Å². The zero-order chi connectivity index (χ0) is 24.1. The van der Waals surface area contributed by atoms with E-state index in [1.165, 1.54) is 13.2 Å². The summed E-state index contributed by atoms with van der Waals surface area (Å²) in [5, 5.41) is 3.21. The normalized spacial score (nSPS) is 10.5. The summed E-state index contributed by atoms with van der Waals surface area (Å²) in [4.78, 5) is 42.0. The van der Waals surface area contributed by atoms with Crippen LogP contribution < -0.4 is 5.32 Å². The van der Waals surface area contributed by atoms with Crippen LogP contribution in [0.2, 0.25) is 0 Å². The summed E-state index contributed by atoms with van der Waals surface area (Å²) in [6.45, 7) is 1.47. The van der Waals surface area contributed by atoms with Crippen LogP contribution in [0.25, 0.3) is 22.2 Å². The summed E-state index contributed by atoms with van der Waals surface area (Å²) in [5.41, 5.74) is 4.03. The Kier molecular flexibility index (Phi) is 6.64. The van der Waals surface area contributed by atoms with Crippen LogP contribution in [-0.2, 0) is 14.3 Å². The molecule has 3 aromatic carbocycles. The number of hydrogen-bond acceptors (Lipinski definition) is 6. The van der Waals surface area contributed by atoms with Gasteiger partial charge in [0.2, 0.25) is 0 Å². The molecule has 1 amide bonds. The molecule has 1 N–H and O–H groups in total. The fourth-order valence-electron chi connectivity index (χ4n) is 3.49. The first-order valence-corrected chi connectivity index (χ1v) is 10.6. The molecule has 0 saturated heterocycles. The molecule has 4 rings (SSSR count). The summed E-state index contributed by atoms with van der Waals surface area (Å²) in [6.07, 6.45) is 0. The number of anilines is 1. The van der Waals surface area contributed by atoms with Crippen molar-refractivity contribution in [3.05, 3.63) is 95.6 Å². The van der Waals surface area contributed by atoms with E-state index < -0.39 is 24.5 Å².